The summed E-state index contributed by atoms with van der Waals surface area (Å²) in [7, 11) is 1.60. The molecule has 0 spiro atoms. The van der Waals surface area contributed by atoms with Crippen LogP contribution in [0.4, 0.5) is 4.39 Å². The van der Waals surface area contributed by atoms with E-state index in [9.17, 15) is 9.18 Å². The molecule has 2 aromatic rings. The van der Waals surface area contributed by atoms with Crippen LogP contribution in [-0.4, -0.2) is 19.0 Å². The fourth-order valence-corrected chi connectivity index (χ4v) is 2.05. The summed E-state index contributed by atoms with van der Waals surface area (Å²) in [5.41, 5.74) is 1.30. The van der Waals surface area contributed by atoms with Crippen LogP contribution in [0.3, 0.4) is 0 Å². The van der Waals surface area contributed by atoms with E-state index in [0.29, 0.717) is 23.6 Å². The first-order valence-electron chi connectivity index (χ1n) is 6.82. The molecule has 1 amide bonds. The molecule has 0 aliphatic rings. The zero-order chi connectivity index (χ0) is 15.4. The minimum Gasteiger partial charge on any atom is -0.460 e. The van der Waals surface area contributed by atoms with E-state index < -0.39 is 0 Å². The number of carbonyl (C=O) groups excluding carboxylic acids is 1. The molecule has 1 aromatic carbocycles. The number of hydrogen-bond donors (Lipinski definition) is 2. The maximum absolute atomic E-state index is 13.6. The lowest BCUT2D eigenvalue weighted by Crippen LogP contribution is -2.40. The molecule has 1 aromatic heterocycles. The van der Waals surface area contributed by atoms with Crippen LogP contribution in [-0.2, 0) is 11.3 Å². The molecular weight excluding hydrogens is 271 g/mol. The molecule has 1 heterocycles. The third-order valence-electron chi connectivity index (χ3n) is 3.42. The van der Waals surface area contributed by atoms with Gasteiger partial charge in [0.1, 0.15) is 17.3 Å². The Morgan fingerprint density at radius 1 is 1.33 bits per heavy atom. The Kier molecular flexibility index (Phi) is 4.75. The highest BCUT2D eigenvalue weighted by Crippen LogP contribution is 2.26. The fraction of sp³-hybridized carbons (Fsp3) is 0.312. The van der Waals surface area contributed by atoms with Gasteiger partial charge in [-0.2, -0.15) is 0 Å². The molecule has 2 rings (SSSR count). The summed E-state index contributed by atoms with van der Waals surface area (Å²) in [6.07, 6.45) is 0. The van der Waals surface area contributed by atoms with Crippen molar-refractivity contribution in [2.24, 2.45) is 0 Å². The summed E-state index contributed by atoms with van der Waals surface area (Å²) >= 11 is 0. The quantitative estimate of drug-likeness (QED) is 0.890. The smallest absolute Gasteiger partial charge is 0.236 e. The van der Waals surface area contributed by atoms with Gasteiger partial charge in [-0.1, -0.05) is 12.1 Å². The van der Waals surface area contributed by atoms with Crippen molar-refractivity contribution in [1.82, 2.24) is 10.6 Å². The van der Waals surface area contributed by atoms with Crippen molar-refractivity contribution >= 4 is 5.91 Å². The van der Waals surface area contributed by atoms with Crippen LogP contribution >= 0.6 is 0 Å². The second-order valence-electron chi connectivity index (χ2n) is 4.90. The monoisotopic (exact) mass is 290 g/mol. The Labute approximate surface area is 123 Å². The lowest BCUT2D eigenvalue weighted by Gasteiger charge is -2.10. The van der Waals surface area contributed by atoms with E-state index in [1.807, 2.05) is 18.2 Å². The average molecular weight is 290 g/mol. The Balaban J connectivity index is 2.08. The Hall–Kier alpha value is -2.14. The Morgan fingerprint density at radius 3 is 2.81 bits per heavy atom. The lowest BCUT2D eigenvalue weighted by atomic mass is 10.1. The molecule has 0 radical (unpaired) electrons. The van der Waals surface area contributed by atoms with Gasteiger partial charge < -0.3 is 9.73 Å². The molecule has 112 valence electrons. The lowest BCUT2D eigenvalue weighted by molar-refractivity contribution is -0.122. The van der Waals surface area contributed by atoms with Crippen LogP contribution in [0.1, 0.15) is 18.2 Å². The molecule has 4 nitrogen and oxygen atoms in total. The fourth-order valence-electron chi connectivity index (χ4n) is 2.05. The first-order valence-corrected chi connectivity index (χ1v) is 6.82. The highest BCUT2D eigenvalue weighted by molar-refractivity contribution is 5.80. The third-order valence-corrected chi connectivity index (χ3v) is 3.42. The maximum atomic E-state index is 13.6. The second kappa shape index (κ2) is 6.54. The predicted molar refractivity (Wildman–Crippen MR) is 79.2 cm³/mol. The van der Waals surface area contributed by atoms with E-state index >= 15 is 0 Å². The van der Waals surface area contributed by atoms with Gasteiger partial charge in [0.25, 0.3) is 0 Å². The van der Waals surface area contributed by atoms with Crippen LogP contribution in [0, 0.1) is 12.7 Å². The minimum absolute atomic E-state index is 0.0808. The minimum atomic E-state index is -0.306. The Morgan fingerprint density at radius 2 is 2.10 bits per heavy atom. The summed E-state index contributed by atoms with van der Waals surface area (Å²) in [5, 5.41) is 5.63. The van der Waals surface area contributed by atoms with Crippen molar-refractivity contribution in [1.29, 1.82) is 0 Å². The number of likely N-dealkylation sites (N-methyl/N-ethyl adjacent to an activating group) is 1. The second-order valence-corrected chi connectivity index (χ2v) is 4.90. The van der Waals surface area contributed by atoms with Gasteiger partial charge >= 0.3 is 0 Å². The first-order chi connectivity index (χ1) is 10.0. The summed E-state index contributed by atoms with van der Waals surface area (Å²) < 4.78 is 19.3. The standard InChI is InChI=1S/C16H19FN2O2/c1-10-13(5-4-6-14(10)17)15-8-7-12(21-15)9-19-11(2)16(20)18-3/h4-8,11,19H,9H2,1-3H3,(H,18,20)/t11-/m1/s1. The maximum Gasteiger partial charge on any atom is 0.236 e. The van der Waals surface area contributed by atoms with E-state index in [0.717, 1.165) is 5.56 Å². The SMILES string of the molecule is CNC(=O)[C@@H](C)NCc1ccc(-c2cccc(F)c2C)o1. The van der Waals surface area contributed by atoms with Crippen LogP contribution in [0.5, 0.6) is 0 Å². The number of hydrogen-bond acceptors (Lipinski definition) is 3. The van der Waals surface area contributed by atoms with Crippen molar-refractivity contribution in [3.05, 3.63) is 47.5 Å². The molecule has 0 aliphatic carbocycles. The Bertz CT molecular complexity index is 637. The van der Waals surface area contributed by atoms with Crippen molar-refractivity contribution in [2.45, 2.75) is 26.4 Å². The van der Waals surface area contributed by atoms with Crippen LogP contribution in [0.25, 0.3) is 11.3 Å². The van der Waals surface area contributed by atoms with Gasteiger partial charge in [0, 0.05) is 12.6 Å². The first kappa shape index (κ1) is 15.3. The van der Waals surface area contributed by atoms with Gasteiger partial charge in [0.05, 0.1) is 12.6 Å². The number of benzene rings is 1. The third kappa shape index (κ3) is 3.49. The van der Waals surface area contributed by atoms with E-state index in [4.69, 9.17) is 4.42 Å². The van der Waals surface area contributed by atoms with Crippen molar-refractivity contribution in [3.63, 3.8) is 0 Å². The zero-order valence-corrected chi connectivity index (χ0v) is 12.4. The summed E-state index contributed by atoms with van der Waals surface area (Å²) in [4.78, 5) is 11.4. The van der Waals surface area contributed by atoms with Gasteiger partial charge in [0.2, 0.25) is 5.91 Å². The molecule has 0 unspecified atom stereocenters. The largest absolute Gasteiger partial charge is 0.460 e. The number of rotatable bonds is 5. The van der Waals surface area contributed by atoms with Crippen molar-refractivity contribution < 1.29 is 13.6 Å². The number of halogens is 1. The normalized spacial score (nSPS) is 12.2. The van der Waals surface area contributed by atoms with Crippen LogP contribution in [0.2, 0.25) is 0 Å². The highest BCUT2D eigenvalue weighted by Gasteiger charge is 2.13. The number of amides is 1. The molecule has 1 atom stereocenters. The molecule has 0 saturated carbocycles. The number of furan rings is 1. The molecule has 5 heteroatoms. The molecule has 0 bridgehead atoms. The molecular formula is C16H19FN2O2. The average Bonchev–Trinajstić information content (AvgIpc) is 2.95. The van der Waals surface area contributed by atoms with Gasteiger partial charge in [-0.15, -0.1) is 0 Å². The van der Waals surface area contributed by atoms with Crippen molar-refractivity contribution in [2.75, 3.05) is 7.05 Å². The van der Waals surface area contributed by atoms with Crippen LogP contribution < -0.4 is 10.6 Å². The number of nitrogens with one attached hydrogen (secondary N) is 2. The molecule has 0 aliphatic heterocycles. The predicted octanol–water partition coefficient (Wildman–Crippen LogP) is 2.62. The van der Waals surface area contributed by atoms with E-state index in [1.54, 1.807) is 27.0 Å². The van der Waals surface area contributed by atoms with Gasteiger partial charge in [-0.3, -0.25) is 10.1 Å². The van der Waals surface area contributed by atoms with Crippen molar-refractivity contribution in [3.8, 4) is 11.3 Å². The summed E-state index contributed by atoms with van der Waals surface area (Å²) in [6, 6.07) is 8.23. The molecule has 2 N–H and O–H groups in total. The van der Waals surface area contributed by atoms with E-state index in [1.165, 1.54) is 6.07 Å². The van der Waals surface area contributed by atoms with E-state index in [2.05, 4.69) is 10.6 Å². The molecule has 0 fully saturated rings. The number of carbonyl (C=O) groups is 1. The highest BCUT2D eigenvalue weighted by atomic mass is 19.1. The molecule has 0 saturated heterocycles. The zero-order valence-electron chi connectivity index (χ0n) is 12.4. The topological polar surface area (TPSA) is 54.3 Å². The summed E-state index contributed by atoms with van der Waals surface area (Å²) in [6.45, 7) is 3.93. The summed E-state index contributed by atoms with van der Waals surface area (Å²) in [5.74, 6) is 0.986. The molecule has 21 heavy (non-hydrogen) atoms. The van der Waals surface area contributed by atoms with Gasteiger partial charge in [-0.25, -0.2) is 4.39 Å². The van der Waals surface area contributed by atoms with E-state index in [-0.39, 0.29) is 17.8 Å². The van der Waals surface area contributed by atoms with Gasteiger partial charge in [0.15, 0.2) is 0 Å². The van der Waals surface area contributed by atoms with Crippen LogP contribution in [0.15, 0.2) is 34.7 Å². The van der Waals surface area contributed by atoms with Gasteiger partial charge in [-0.05, 0) is 37.6 Å².